The summed E-state index contributed by atoms with van der Waals surface area (Å²) >= 11 is 1.49. The van der Waals surface area contributed by atoms with Crippen LogP contribution in [-0.4, -0.2) is 80.8 Å². The van der Waals surface area contributed by atoms with Crippen molar-refractivity contribution < 1.29 is 93.7 Å². The fourth-order valence-electron chi connectivity index (χ4n) is 10.1. The Balaban J connectivity index is 0.000000195. The van der Waals surface area contributed by atoms with Gasteiger partial charge in [-0.25, -0.2) is 20.6 Å². The van der Waals surface area contributed by atoms with Gasteiger partial charge in [0.05, 0.1) is 113 Å². The minimum atomic E-state index is -4.62. The fourth-order valence-corrected chi connectivity index (χ4v) is 12.7. The van der Waals surface area contributed by atoms with Gasteiger partial charge in [0.25, 0.3) is 31.4 Å². The largest absolute Gasteiger partial charge is 0.462 e. The van der Waals surface area contributed by atoms with Crippen LogP contribution in [-0.2, 0) is 67.2 Å². The number of rotatable bonds is 19. The lowest BCUT2D eigenvalue weighted by Gasteiger charge is -2.26. The maximum absolute atomic E-state index is 14.2. The summed E-state index contributed by atoms with van der Waals surface area (Å²) in [6.45, 7) is 1.66. The van der Waals surface area contributed by atoms with Crippen LogP contribution in [0.15, 0.2) is 168 Å². The molecule has 0 aliphatic heterocycles. The van der Waals surface area contributed by atoms with E-state index in [1.165, 1.54) is 47.5 Å². The number of ketones is 3. The number of carbonyl (C=O) groups excluding carboxylic acids is 4. The first-order chi connectivity index (χ1) is 41.6. The zero-order chi connectivity index (χ0) is 62.2. The summed E-state index contributed by atoms with van der Waals surface area (Å²) in [7, 11) is -6.23. The van der Waals surface area contributed by atoms with Gasteiger partial charge in [-0.15, -0.1) is 13.0 Å². The smallest absolute Gasteiger partial charge is 0.344 e. The standard InChI is InChI=1S/C30H20N2O12S3.C26H20N2O10S2/c1-32-22-12-11-21(31-20-10-9-17(47(38,39)40)14-23(20)46-44-42-37)25-26(22)24(18-7-2-3-8-19(18)29(25)34)27(30(32)35)28(33)15-5-4-6-16(13-15)45-43-41-36;1-3-36-26(31)23-20-14-6-4-5-7-15(14)24(29)21-17(10-11-18(22(20)21)28(2)25(23)30)27-16-9-8-13(40(33,34)35)12-19(16)39-38-37-32/h2-14,31,36-37H,1H3,(H,38,39,40);4-12,27,32H,3H2,1-2H3,(H,33,34,35). The number of pyridine rings is 2. The molecule has 0 bridgehead atoms. The van der Waals surface area contributed by atoms with Crippen LogP contribution in [0, 0.1) is 0 Å². The molecule has 0 spiro atoms. The SMILES string of the molecule is CCOC(=O)c1c2c3c(c(Nc4ccc(S(=O)(=O)O)cc4SOOO)ccc3n(C)c1=O)C(=O)c1ccccc1-2.Cn1c(=O)c(C(=O)c2cccc(SOOO)c2)c2c3c(c(Nc4ccc(S(=O)(=O)O)cc4SOOO)ccc31)C(=O)c1ccccc1-2. The average molecular weight is 1280 g/mol. The molecule has 31 heteroatoms. The van der Waals surface area contributed by atoms with Crippen molar-refractivity contribution in [3.8, 4) is 22.3 Å². The van der Waals surface area contributed by atoms with Gasteiger partial charge >= 0.3 is 5.97 Å². The Morgan fingerprint density at radius 3 is 1.38 bits per heavy atom. The molecular formula is C56H40N4O22S5. The van der Waals surface area contributed by atoms with E-state index in [0.717, 1.165) is 24.3 Å². The predicted octanol–water partition coefficient (Wildman–Crippen LogP) is 10.2. The van der Waals surface area contributed by atoms with E-state index in [1.807, 2.05) is 0 Å². The molecule has 0 saturated heterocycles. The molecule has 26 nitrogen and oxygen atoms in total. The molecule has 2 aliphatic carbocycles. The van der Waals surface area contributed by atoms with Crippen molar-refractivity contribution in [3.05, 3.63) is 193 Å². The van der Waals surface area contributed by atoms with E-state index in [2.05, 4.69) is 38.7 Å². The lowest BCUT2D eigenvalue weighted by molar-refractivity contribution is -0.432. The molecule has 0 saturated carbocycles. The molecule has 446 valence electrons. The van der Waals surface area contributed by atoms with Crippen LogP contribution in [0.2, 0.25) is 0 Å². The molecule has 2 heterocycles. The highest BCUT2D eigenvalue weighted by molar-refractivity contribution is 7.95. The summed E-state index contributed by atoms with van der Waals surface area (Å²) in [6.07, 6.45) is 0. The van der Waals surface area contributed by atoms with Crippen molar-refractivity contribution in [3.63, 3.8) is 0 Å². The molecule has 0 radical (unpaired) electrons. The second kappa shape index (κ2) is 25.1. The maximum atomic E-state index is 14.2. The van der Waals surface area contributed by atoms with Gasteiger partial charge in [-0.1, -0.05) is 75.8 Å². The van der Waals surface area contributed by atoms with Crippen LogP contribution in [0.3, 0.4) is 0 Å². The highest BCUT2D eigenvalue weighted by Crippen LogP contribution is 2.47. The molecule has 0 fully saturated rings. The summed E-state index contributed by atoms with van der Waals surface area (Å²) in [5.41, 5.74) is 2.21. The van der Waals surface area contributed by atoms with Crippen LogP contribution in [0.1, 0.15) is 65.0 Å². The topological polar surface area (TPSA) is 370 Å². The number of benzene rings is 7. The van der Waals surface area contributed by atoms with Crippen LogP contribution in [0.5, 0.6) is 0 Å². The molecule has 0 unspecified atom stereocenters. The van der Waals surface area contributed by atoms with Gasteiger partial charge < -0.3 is 24.5 Å². The predicted molar refractivity (Wildman–Crippen MR) is 313 cm³/mol. The van der Waals surface area contributed by atoms with E-state index in [-0.39, 0.29) is 95.0 Å². The Hall–Kier alpha value is -8.45. The number of hydrogen-bond donors (Lipinski definition) is 7. The first-order valence-corrected chi connectivity index (χ1v) is 29.9. The van der Waals surface area contributed by atoms with E-state index in [1.54, 1.807) is 91.9 Å². The second-order valence-electron chi connectivity index (χ2n) is 18.5. The van der Waals surface area contributed by atoms with Gasteiger partial charge in [0.15, 0.2) is 17.3 Å². The molecule has 0 amide bonds. The molecule has 9 aromatic rings. The molecule has 7 N–H and O–H groups in total. The van der Waals surface area contributed by atoms with Crippen molar-refractivity contribution >= 4 is 124 Å². The maximum Gasteiger partial charge on any atom is 0.344 e. The van der Waals surface area contributed by atoms with Crippen LogP contribution in [0.25, 0.3) is 44.1 Å². The number of nitrogens with zero attached hydrogens (tertiary/aromatic N) is 2. The number of aromatic nitrogens is 2. The van der Waals surface area contributed by atoms with E-state index in [9.17, 15) is 54.7 Å². The Bertz CT molecular complexity index is 4750. The second-order valence-corrected chi connectivity index (χ2v) is 23.6. The van der Waals surface area contributed by atoms with Gasteiger partial charge in [-0.3, -0.25) is 33.1 Å². The summed E-state index contributed by atoms with van der Waals surface area (Å²) in [5.74, 6) is -2.27. The Labute approximate surface area is 502 Å². The van der Waals surface area contributed by atoms with Crippen LogP contribution < -0.4 is 21.8 Å². The van der Waals surface area contributed by atoms with E-state index in [0.29, 0.717) is 74.0 Å². The number of anilines is 4. The number of ether oxygens (including phenoxy) is 1. The van der Waals surface area contributed by atoms with Gasteiger partial charge in [0.1, 0.15) is 5.56 Å². The number of hydrogen-bond acceptors (Lipinski definition) is 25. The molecule has 2 aromatic heterocycles. The van der Waals surface area contributed by atoms with Crippen molar-refractivity contribution in [2.75, 3.05) is 17.2 Å². The number of carbonyl (C=O) groups is 4. The molecular weight excluding hydrogens is 1240 g/mol. The van der Waals surface area contributed by atoms with Gasteiger partial charge in [-0.2, -0.15) is 16.8 Å². The molecule has 0 atom stereocenters. The van der Waals surface area contributed by atoms with Crippen molar-refractivity contribution in [1.82, 2.24) is 9.13 Å². The van der Waals surface area contributed by atoms with E-state index in [4.69, 9.17) is 20.5 Å². The van der Waals surface area contributed by atoms with Gasteiger partial charge in [-0.05, 0) is 90.8 Å². The van der Waals surface area contributed by atoms with Crippen molar-refractivity contribution in [2.24, 2.45) is 14.1 Å². The minimum absolute atomic E-state index is 0.0358. The number of fused-ring (bicyclic) bond motifs is 4. The first kappa shape index (κ1) is 61.6. The third-order valence-corrected chi connectivity index (χ3v) is 17.3. The summed E-state index contributed by atoms with van der Waals surface area (Å²) in [4.78, 5) is 82.2. The minimum Gasteiger partial charge on any atom is -0.462 e. The quantitative estimate of drug-likeness (QED) is 0.00987. The summed E-state index contributed by atoms with van der Waals surface area (Å²) < 4.78 is 87.1. The number of esters is 1. The highest BCUT2D eigenvalue weighted by atomic mass is 32.2. The lowest BCUT2D eigenvalue weighted by atomic mass is 9.80. The van der Waals surface area contributed by atoms with Gasteiger partial charge in [0.2, 0.25) is 0 Å². The summed E-state index contributed by atoms with van der Waals surface area (Å²) in [5, 5.41) is 43.6. The van der Waals surface area contributed by atoms with Crippen LogP contribution >= 0.6 is 36.1 Å². The van der Waals surface area contributed by atoms with E-state index >= 15 is 0 Å². The first-order valence-electron chi connectivity index (χ1n) is 24.8. The summed E-state index contributed by atoms with van der Waals surface area (Å²) in [6, 6.07) is 32.6. The monoisotopic (exact) mass is 1280 g/mol. The Morgan fingerprint density at radius 2 is 0.931 bits per heavy atom. The Morgan fingerprint density at radius 1 is 0.506 bits per heavy atom. The molecule has 7 aromatic carbocycles. The number of aryl methyl sites for hydroxylation is 2. The molecule has 11 rings (SSSR count). The average Bonchev–Trinajstić information content (AvgIpc) is 0.774. The van der Waals surface area contributed by atoms with Gasteiger partial charge in [0, 0.05) is 57.6 Å². The molecule has 87 heavy (non-hydrogen) atoms. The van der Waals surface area contributed by atoms with Crippen LogP contribution in [0.4, 0.5) is 22.7 Å². The van der Waals surface area contributed by atoms with E-state index < -0.39 is 58.7 Å². The Kier molecular flexibility index (Phi) is 17.8. The third kappa shape index (κ3) is 11.7. The zero-order valence-corrected chi connectivity index (χ0v) is 48.6. The number of nitrogens with one attached hydrogen (secondary N) is 2. The van der Waals surface area contributed by atoms with Crippen molar-refractivity contribution in [1.29, 1.82) is 0 Å². The molecule has 2 aliphatic rings. The lowest BCUT2D eigenvalue weighted by Crippen LogP contribution is -2.29. The van der Waals surface area contributed by atoms with Crippen molar-refractivity contribution in [2.45, 2.75) is 31.4 Å². The highest BCUT2D eigenvalue weighted by Gasteiger charge is 2.37. The fraction of sp³-hybridized carbons (Fsp3) is 0.0714. The zero-order valence-electron chi connectivity index (χ0n) is 44.5. The normalized spacial score (nSPS) is 12.3. The third-order valence-electron chi connectivity index (χ3n) is 13.8.